The fourth-order valence-corrected chi connectivity index (χ4v) is 4.30. The van der Waals surface area contributed by atoms with Gasteiger partial charge in [0.1, 0.15) is 0 Å². The van der Waals surface area contributed by atoms with Crippen LogP contribution >= 0.6 is 11.8 Å². The first-order chi connectivity index (χ1) is 10.1. The van der Waals surface area contributed by atoms with Crippen LogP contribution in [0.25, 0.3) is 11.1 Å². The van der Waals surface area contributed by atoms with E-state index in [1.165, 1.54) is 22.3 Å². The van der Waals surface area contributed by atoms with Crippen molar-refractivity contribution in [2.75, 3.05) is 12.4 Å². The average molecular weight is 298 g/mol. The van der Waals surface area contributed by atoms with Crippen molar-refractivity contribution < 1.29 is 5.11 Å². The molecule has 2 aromatic rings. The van der Waals surface area contributed by atoms with E-state index in [0.29, 0.717) is 5.92 Å². The van der Waals surface area contributed by atoms with Crippen molar-refractivity contribution in [2.45, 2.75) is 30.9 Å². The van der Waals surface area contributed by atoms with Crippen molar-refractivity contribution in [3.8, 4) is 11.1 Å². The van der Waals surface area contributed by atoms with Gasteiger partial charge in [0.2, 0.25) is 0 Å². The number of thioether (sulfide) groups is 1. The van der Waals surface area contributed by atoms with Crippen molar-refractivity contribution in [3.63, 3.8) is 0 Å². The Morgan fingerprint density at radius 1 is 0.952 bits per heavy atom. The number of aliphatic hydroxyl groups is 1. The van der Waals surface area contributed by atoms with E-state index >= 15 is 0 Å². The zero-order valence-electron chi connectivity index (χ0n) is 12.7. The lowest BCUT2D eigenvalue weighted by atomic mass is 9.99. The second kappa shape index (κ2) is 5.86. The van der Waals surface area contributed by atoms with E-state index in [4.69, 9.17) is 0 Å². The highest BCUT2D eigenvalue weighted by molar-refractivity contribution is 8.00. The molecule has 1 nitrogen and oxygen atoms in total. The summed E-state index contributed by atoms with van der Waals surface area (Å²) in [5.74, 6) is 1.54. The maximum Gasteiger partial charge on any atom is 0.0444 e. The quantitative estimate of drug-likeness (QED) is 0.864. The average Bonchev–Trinajstić information content (AvgIpc) is 2.79. The first-order valence-corrected chi connectivity index (χ1v) is 8.54. The topological polar surface area (TPSA) is 20.2 Å². The molecular weight excluding hydrogens is 276 g/mol. The molecule has 0 bridgehead atoms. The van der Waals surface area contributed by atoms with E-state index in [1.807, 2.05) is 11.8 Å². The molecule has 21 heavy (non-hydrogen) atoms. The van der Waals surface area contributed by atoms with Crippen molar-refractivity contribution >= 4 is 11.8 Å². The second-order valence-corrected chi connectivity index (χ2v) is 8.00. The summed E-state index contributed by atoms with van der Waals surface area (Å²) in [5.41, 5.74) is 5.68. The van der Waals surface area contributed by atoms with Crippen LogP contribution in [0, 0.1) is 0 Å². The molecular formula is C19H22OS. The summed E-state index contributed by atoms with van der Waals surface area (Å²) in [6.07, 6.45) is 0.841. The SMILES string of the molecule is CC(C)(CCO)SCC1c2ccccc2-c2ccccc21. The first-order valence-electron chi connectivity index (χ1n) is 7.55. The van der Waals surface area contributed by atoms with Crippen LogP contribution in [0.1, 0.15) is 37.3 Å². The second-order valence-electron chi connectivity index (χ2n) is 6.27. The third-order valence-corrected chi connectivity index (χ3v) is 5.80. The van der Waals surface area contributed by atoms with Crippen LogP contribution in [0.5, 0.6) is 0 Å². The molecule has 0 radical (unpaired) electrons. The number of hydrogen-bond acceptors (Lipinski definition) is 2. The monoisotopic (exact) mass is 298 g/mol. The number of rotatable bonds is 5. The Labute approximate surface area is 131 Å². The van der Waals surface area contributed by atoms with Crippen LogP contribution in [0.3, 0.4) is 0 Å². The standard InChI is InChI=1S/C19H22OS/c1-19(2,11-12-20)21-13-18-16-9-5-3-7-14(16)15-8-4-6-10-17(15)18/h3-10,18,20H,11-13H2,1-2H3. The number of fused-ring (bicyclic) bond motifs is 3. The highest BCUT2D eigenvalue weighted by Crippen LogP contribution is 2.47. The van der Waals surface area contributed by atoms with Crippen molar-refractivity contribution in [2.24, 2.45) is 0 Å². The molecule has 0 unspecified atom stereocenters. The minimum atomic E-state index is 0.126. The predicted molar refractivity (Wildman–Crippen MR) is 92.0 cm³/mol. The minimum absolute atomic E-state index is 0.126. The van der Waals surface area contributed by atoms with Gasteiger partial charge >= 0.3 is 0 Å². The van der Waals surface area contributed by atoms with Crippen LogP contribution in [0.2, 0.25) is 0 Å². The Hall–Kier alpha value is -1.25. The Bertz CT molecular complexity index is 587. The van der Waals surface area contributed by atoms with Gasteiger partial charge in [-0.15, -0.1) is 0 Å². The Morgan fingerprint density at radius 2 is 1.48 bits per heavy atom. The Balaban J connectivity index is 1.89. The van der Waals surface area contributed by atoms with Gasteiger partial charge in [0.25, 0.3) is 0 Å². The fourth-order valence-electron chi connectivity index (χ4n) is 3.09. The predicted octanol–water partition coefficient (Wildman–Crippen LogP) is 4.69. The number of benzene rings is 2. The van der Waals surface area contributed by atoms with Crippen LogP contribution in [0.15, 0.2) is 48.5 Å². The molecule has 110 valence electrons. The molecule has 1 N–H and O–H groups in total. The number of hydrogen-bond donors (Lipinski definition) is 1. The zero-order chi connectivity index (χ0) is 14.9. The molecule has 0 spiro atoms. The lowest BCUT2D eigenvalue weighted by molar-refractivity contribution is 0.275. The van der Waals surface area contributed by atoms with Crippen molar-refractivity contribution in [3.05, 3.63) is 59.7 Å². The Morgan fingerprint density at radius 3 is 2.00 bits per heavy atom. The molecule has 0 aromatic heterocycles. The summed E-state index contributed by atoms with van der Waals surface area (Å²) in [5, 5.41) is 9.20. The van der Waals surface area contributed by atoms with E-state index in [-0.39, 0.29) is 11.4 Å². The third-order valence-electron chi connectivity index (χ3n) is 4.32. The van der Waals surface area contributed by atoms with E-state index in [9.17, 15) is 5.11 Å². The van der Waals surface area contributed by atoms with Crippen LogP contribution < -0.4 is 0 Å². The molecule has 0 atom stereocenters. The molecule has 0 saturated carbocycles. The largest absolute Gasteiger partial charge is 0.396 e. The molecule has 0 aliphatic heterocycles. The first kappa shape index (κ1) is 14.7. The lowest BCUT2D eigenvalue weighted by Gasteiger charge is -2.25. The van der Waals surface area contributed by atoms with Gasteiger partial charge in [-0.3, -0.25) is 0 Å². The molecule has 0 amide bonds. The normalized spacial score (nSPS) is 14.0. The lowest BCUT2D eigenvalue weighted by Crippen LogP contribution is -2.18. The van der Waals surface area contributed by atoms with E-state index in [1.54, 1.807) is 0 Å². The summed E-state index contributed by atoms with van der Waals surface area (Å²) in [4.78, 5) is 0. The van der Waals surface area contributed by atoms with Crippen molar-refractivity contribution in [1.82, 2.24) is 0 Å². The number of aliphatic hydroxyl groups excluding tert-OH is 1. The minimum Gasteiger partial charge on any atom is -0.396 e. The molecule has 1 aliphatic rings. The van der Waals surface area contributed by atoms with Crippen molar-refractivity contribution in [1.29, 1.82) is 0 Å². The van der Waals surface area contributed by atoms with Gasteiger partial charge in [0.15, 0.2) is 0 Å². The van der Waals surface area contributed by atoms with Gasteiger partial charge in [0.05, 0.1) is 0 Å². The summed E-state index contributed by atoms with van der Waals surface area (Å²) < 4.78 is 0.126. The van der Waals surface area contributed by atoms with E-state index < -0.39 is 0 Å². The summed E-state index contributed by atoms with van der Waals surface area (Å²) in [6.45, 7) is 4.71. The van der Waals surface area contributed by atoms with Gasteiger partial charge in [-0.2, -0.15) is 11.8 Å². The molecule has 3 rings (SSSR count). The summed E-state index contributed by atoms with van der Waals surface area (Å²) in [7, 11) is 0. The molecule has 2 heteroatoms. The zero-order valence-corrected chi connectivity index (χ0v) is 13.5. The molecule has 0 saturated heterocycles. The summed E-state index contributed by atoms with van der Waals surface area (Å²) in [6, 6.07) is 17.5. The Kier molecular flexibility index (Phi) is 4.10. The van der Waals surface area contributed by atoms with Gasteiger partial charge in [-0.25, -0.2) is 0 Å². The maximum absolute atomic E-state index is 9.20. The van der Waals surface area contributed by atoms with E-state index in [2.05, 4.69) is 62.4 Å². The van der Waals surface area contributed by atoms with E-state index in [0.717, 1.165) is 12.2 Å². The van der Waals surface area contributed by atoms with Crippen LogP contribution in [0.4, 0.5) is 0 Å². The molecule has 0 heterocycles. The fraction of sp³-hybridized carbons (Fsp3) is 0.368. The molecule has 0 fully saturated rings. The molecule has 1 aliphatic carbocycles. The smallest absolute Gasteiger partial charge is 0.0444 e. The maximum atomic E-state index is 9.20. The van der Waals surface area contributed by atoms with Crippen LogP contribution in [-0.2, 0) is 0 Å². The van der Waals surface area contributed by atoms with Gasteiger partial charge in [0, 0.05) is 23.0 Å². The van der Waals surface area contributed by atoms with Crippen LogP contribution in [-0.4, -0.2) is 22.2 Å². The molecule has 2 aromatic carbocycles. The summed E-state index contributed by atoms with van der Waals surface area (Å²) >= 11 is 1.97. The van der Waals surface area contributed by atoms with Gasteiger partial charge in [-0.05, 0) is 28.7 Å². The van der Waals surface area contributed by atoms with Gasteiger partial charge in [-0.1, -0.05) is 62.4 Å². The third kappa shape index (κ3) is 2.88. The highest BCUT2D eigenvalue weighted by Gasteiger charge is 2.29. The van der Waals surface area contributed by atoms with Gasteiger partial charge < -0.3 is 5.11 Å². The highest BCUT2D eigenvalue weighted by atomic mass is 32.2.